The quantitative estimate of drug-likeness (QED) is 0.176. The molecule has 15 rings (SSSR count). The Morgan fingerprint density at radius 2 is 0.818 bits per heavy atom. The van der Waals surface area contributed by atoms with E-state index in [0.717, 1.165) is 120 Å². The first kappa shape index (κ1) is 35.4. The maximum atomic E-state index is 6.86. The maximum Gasteiger partial charge on any atom is 0.238 e. The summed E-state index contributed by atoms with van der Waals surface area (Å²) in [6.07, 6.45) is 0. The highest BCUT2D eigenvalue weighted by molar-refractivity contribution is 6.20. The van der Waals surface area contributed by atoms with Crippen LogP contribution in [-0.4, -0.2) is 24.1 Å². The van der Waals surface area contributed by atoms with Gasteiger partial charge in [-0.3, -0.25) is 4.57 Å². The van der Waals surface area contributed by atoms with Gasteiger partial charge < -0.3 is 13.4 Å². The summed E-state index contributed by atoms with van der Waals surface area (Å²) < 4.78 is 17.9. The van der Waals surface area contributed by atoms with Gasteiger partial charge in [-0.15, -0.1) is 0 Å². The van der Waals surface area contributed by atoms with Gasteiger partial charge in [0, 0.05) is 48.8 Å². The Bertz CT molecular complexity index is 4500. The molecule has 0 N–H and O–H groups in total. The lowest BCUT2D eigenvalue weighted by molar-refractivity contribution is 0.668. The normalized spacial score (nSPS) is 12.2. The molecule has 7 nitrogen and oxygen atoms in total. The number of nitrogens with zero attached hydrogens (tertiary/aromatic N) is 5. The summed E-state index contributed by atoms with van der Waals surface area (Å²) >= 11 is 0. The van der Waals surface area contributed by atoms with Gasteiger partial charge in [0.05, 0.1) is 33.1 Å². The van der Waals surface area contributed by atoms with Crippen LogP contribution < -0.4 is 0 Å². The van der Waals surface area contributed by atoms with E-state index >= 15 is 0 Å². The molecular formula is C59H33N5O2. The van der Waals surface area contributed by atoms with E-state index in [1.54, 1.807) is 0 Å². The summed E-state index contributed by atoms with van der Waals surface area (Å²) in [5.74, 6) is 1.58. The van der Waals surface area contributed by atoms with E-state index < -0.39 is 0 Å². The molecule has 7 heteroatoms. The number of benzene rings is 10. The fraction of sp³-hybridized carbons (Fsp3) is 0. The maximum absolute atomic E-state index is 6.86. The van der Waals surface area contributed by atoms with Crippen LogP contribution in [0.1, 0.15) is 0 Å². The van der Waals surface area contributed by atoms with E-state index in [-0.39, 0.29) is 0 Å². The molecule has 0 saturated carbocycles. The first-order valence-electron chi connectivity index (χ1n) is 22.2. The number of furan rings is 2. The molecule has 0 fully saturated rings. The average Bonchev–Trinajstić information content (AvgIpc) is 4.12. The predicted molar refractivity (Wildman–Crippen MR) is 269 cm³/mol. The van der Waals surface area contributed by atoms with Crippen LogP contribution in [0, 0.1) is 0 Å². The average molecular weight is 844 g/mol. The lowest BCUT2D eigenvalue weighted by Gasteiger charge is -2.17. The Balaban J connectivity index is 1.13. The zero-order chi connectivity index (χ0) is 43.0. The molecule has 0 aliphatic rings. The number of hydrogen-bond donors (Lipinski definition) is 0. The second-order valence-electron chi connectivity index (χ2n) is 17.1. The van der Waals surface area contributed by atoms with Crippen molar-refractivity contribution in [3.63, 3.8) is 0 Å². The Labute approximate surface area is 375 Å². The van der Waals surface area contributed by atoms with E-state index in [2.05, 4.69) is 179 Å². The molecule has 0 aliphatic carbocycles. The first-order chi connectivity index (χ1) is 32.7. The first-order valence-corrected chi connectivity index (χ1v) is 22.2. The van der Waals surface area contributed by atoms with Crippen molar-refractivity contribution >= 4 is 109 Å². The van der Waals surface area contributed by atoms with Crippen molar-refractivity contribution in [2.45, 2.75) is 0 Å². The molecule has 0 radical (unpaired) electrons. The molecule has 0 amide bonds. The molecule has 0 saturated heterocycles. The van der Waals surface area contributed by atoms with E-state index in [4.69, 9.17) is 23.8 Å². The van der Waals surface area contributed by atoms with Crippen LogP contribution in [0.15, 0.2) is 209 Å². The highest BCUT2D eigenvalue weighted by Crippen LogP contribution is 2.45. The van der Waals surface area contributed by atoms with Gasteiger partial charge in [-0.05, 0) is 88.3 Å². The van der Waals surface area contributed by atoms with Crippen LogP contribution in [0.25, 0.3) is 143 Å². The standard InChI is InChI=1S/C59H33N5O2/c1-3-16-36-32-49-44(30-34(36)14-1)40-20-7-9-23-46(40)63(49)56-43(28-29-52-55(56)45-31-35-15-2-4-17-37(35)33-53(45)66-52)58-60-57(42-22-13-27-51-54(42)41-21-8-12-26-50(41)65-51)61-59(62-58)64-47-24-10-5-18-38(47)39-19-6-11-25-48(39)64/h1-33H. The zero-order valence-corrected chi connectivity index (χ0v) is 35.1. The van der Waals surface area contributed by atoms with Crippen molar-refractivity contribution in [1.82, 2.24) is 24.1 Å². The number of hydrogen-bond acceptors (Lipinski definition) is 5. The Kier molecular flexibility index (Phi) is 7.10. The number of aromatic nitrogens is 5. The molecule has 10 aromatic carbocycles. The van der Waals surface area contributed by atoms with E-state index in [1.807, 2.05) is 30.3 Å². The molecule has 0 unspecified atom stereocenters. The van der Waals surface area contributed by atoms with Crippen LogP contribution in [0.3, 0.4) is 0 Å². The Morgan fingerprint density at radius 3 is 1.53 bits per heavy atom. The molecule has 0 bridgehead atoms. The summed E-state index contributed by atoms with van der Waals surface area (Å²) in [4.78, 5) is 16.6. The molecule has 5 heterocycles. The number of para-hydroxylation sites is 4. The third-order valence-corrected chi connectivity index (χ3v) is 13.5. The van der Waals surface area contributed by atoms with Crippen LogP contribution in [0.4, 0.5) is 0 Å². The highest BCUT2D eigenvalue weighted by atomic mass is 16.3. The van der Waals surface area contributed by atoms with Gasteiger partial charge >= 0.3 is 0 Å². The molecule has 66 heavy (non-hydrogen) atoms. The summed E-state index contributed by atoms with van der Waals surface area (Å²) in [5.41, 5.74) is 9.94. The van der Waals surface area contributed by atoms with Gasteiger partial charge in [0.2, 0.25) is 5.95 Å². The second-order valence-corrected chi connectivity index (χ2v) is 17.1. The van der Waals surface area contributed by atoms with E-state index in [9.17, 15) is 0 Å². The molecule has 5 aromatic heterocycles. The fourth-order valence-electron chi connectivity index (χ4n) is 10.6. The molecule has 306 valence electrons. The third-order valence-electron chi connectivity index (χ3n) is 13.5. The van der Waals surface area contributed by atoms with Gasteiger partial charge in [0.15, 0.2) is 11.6 Å². The second kappa shape index (κ2) is 13.2. The summed E-state index contributed by atoms with van der Waals surface area (Å²) in [6.45, 7) is 0. The van der Waals surface area contributed by atoms with Crippen LogP contribution >= 0.6 is 0 Å². The van der Waals surface area contributed by atoms with Gasteiger partial charge in [0.1, 0.15) is 22.3 Å². The van der Waals surface area contributed by atoms with Gasteiger partial charge in [-0.25, -0.2) is 4.98 Å². The zero-order valence-electron chi connectivity index (χ0n) is 35.1. The molecule has 0 spiro atoms. The van der Waals surface area contributed by atoms with Crippen molar-refractivity contribution in [3.8, 4) is 34.4 Å². The van der Waals surface area contributed by atoms with Crippen molar-refractivity contribution < 1.29 is 8.83 Å². The predicted octanol–water partition coefficient (Wildman–Crippen LogP) is 15.5. The van der Waals surface area contributed by atoms with Crippen molar-refractivity contribution in [2.75, 3.05) is 0 Å². The van der Waals surface area contributed by atoms with Gasteiger partial charge in [-0.2, -0.15) is 9.97 Å². The SMILES string of the molecule is c1ccc2cc3c(cc2c1)oc1ccc(-c2nc(-c4cccc5oc6ccccc6c45)nc(-n4c5ccccc5c5ccccc54)n2)c(-n2c4ccccc4c4cc5ccccc5cc42)c13. The third kappa shape index (κ3) is 4.93. The summed E-state index contributed by atoms with van der Waals surface area (Å²) in [5, 5.41) is 13.1. The van der Waals surface area contributed by atoms with Crippen LogP contribution in [-0.2, 0) is 0 Å². The lowest BCUT2D eigenvalue weighted by atomic mass is 10.0. The molecular weight excluding hydrogens is 811 g/mol. The molecule has 0 aliphatic heterocycles. The largest absolute Gasteiger partial charge is 0.456 e. The topological polar surface area (TPSA) is 74.8 Å². The van der Waals surface area contributed by atoms with E-state index in [1.165, 1.54) is 5.39 Å². The highest BCUT2D eigenvalue weighted by Gasteiger charge is 2.26. The smallest absolute Gasteiger partial charge is 0.238 e. The number of fused-ring (bicyclic) bond motifs is 14. The Morgan fingerprint density at radius 1 is 0.303 bits per heavy atom. The minimum Gasteiger partial charge on any atom is -0.456 e. The summed E-state index contributed by atoms with van der Waals surface area (Å²) in [6, 6.07) is 70.2. The Hall–Kier alpha value is -9.07. The molecule has 0 atom stereocenters. The van der Waals surface area contributed by atoms with Crippen molar-refractivity contribution in [1.29, 1.82) is 0 Å². The lowest BCUT2D eigenvalue weighted by Crippen LogP contribution is -2.08. The van der Waals surface area contributed by atoms with Crippen molar-refractivity contribution in [3.05, 3.63) is 200 Å². The van der Waals surface area contributed by atoms with E-state index in [0.29, 0.717) is 17.6 Å². The van der Waals surface area contributed by atoms with Crippen LogP contribution in [0.5, 0.6) is 0 Å². The number of rotatable bonds is 4. The fourth-order valence-corrected chi connectivity index (χ4v) is 10.6. The monoisotopic (exact) mass is 843 g/mol. The minimum atomic E-state index is 0.513. The molecule has 15 aromatic rings. The van der Waals surface area contributed by atoms with Gasteiger partial charge in [0.25, 0.3) is 0 Å². The van der Waals surface area contributed by atoms with Crippen LogP contribution in [0.2, 0.25) is 0 Å². The van der Waals surface area contributed by atoms with Crippen molar-refractivity contribution in [2.24, 2.45) is 0 Å². The van der Waals surface area contributed by atoms with Gasteiger partial charge in [-0.1, -0.05) is 133 Å². The minimum absolute atomic E-state index is 0.513. The summed E-state index contributed by atoms with van der Waals surface area (Å²) in [7, 11) is 0.